The summed E-state index contributed by atoms with van der Waals surface area (Å²) in [5.41, 5.74) is 8.82. The van der Waals surface area contributed by atoms with Crippen LogP contribution in [0.3, 0.4) is 0 Å². The molecule has 0 saturated heterocycles. The summed E-state index contributed by atoms with van der Waals surface area (Å²) in [5.74, 6) is 1.09. The van der Waals surface area contributed by atoms with Crippen LogP contribution < -0.4 is 4.74 Å². The van der Waals surface area contributed by atoms with Crippen molar-refractivity contribution in [3.63, 3.8) is 0 Å². The summed E-state index contributed by atoms with van der Waals surface area (Å²) in [4.78, 5) is 6.73. The molecular weight excluding hydrogens is 204 g/mol. The van der Waals surface area contributed by atoms with E-state index in [-0.39, 0.29) is 0 Å². The van der Waals surface area contributed by atoms with E-state index < -0.39 is 0 Å². The maximum absolute atomic E-state index is 8.31. The SMILES string of the molecule is [N-]=[N+]=Nc1cccc(Oc2ccccn2)c1. The van der Waals surface area contributed by atoms with Gasteiger partial charge < -0.3 is 4.74 Å². The summed E-state index contributed by atoms with van der Waals surface area (Å²) in [6, 6.07) is 12.3. The summed E-state index contributed by atoms with van der Waals surface area (Å²) >= 11 is 0. The Bertz CT molecular complexity index is 521. The van der Waals surface area contributed by atoms with Crippen LogP contribution >= 0.6 is 0 Å². The van der Waals surface area contributed by atoms with Crippen LogP contribution in [-0.4, -0.2) is 4.98 Å². The van der Waals surface area contributed by atoms with Gasteiger partial charge in [-0.1, -0.05) is 23.3 Å². The van der Waals surface area contributed by atoms with Crippen molar-refractivity contribution < 1.29 is 4.74 Å². The Labute approximate surface area is 92.0 Å². The molecule has 16 heavy (non-hydrogen) atoms. The maximum Gasteiger partial charge on any atom is 0.219 e. The highest BCUT2D eigenvalue weighted by Gasteiger charge is 1.97. The Morgan fingerprint density at radius 3 is 2.88 bits per heavy atom. The van der Waals surface area contributed by atoms with Crippen LogP contribution in [0.5, 0.6) is 11.6 Å². The number of hydrogen-bond acceptors (Lipinski definition) is 3. The molecule has 0 aliphatic heterocycles. The van der Waals surface area contributed by atoms with E-state index in [0.717, 1.165) is 0 Å². The van der Waals surface area contributed by atoms with Crippen LogP contribution in [0.25, 0.3) is 10.4 Å². The van der Waals surface area contributed by atoms with Gasteiger partial charge >= 0.3 is 0 Å². The number of benzene rings is 1. The van der Waals surface area contributed by atoms with Gasteiger partial charge in [0, 0.05) is 22.9 Å². The Hall–Kier alpha value is -2.52. The summed E-state index contributed by atoms with van der Waals surface area (Å²) in [6.07, 6.45) is 1.65. The molecule has 0 saturated carbocycles. The molecule has 0 amide bonds. The molecule has 0 aliphatic carbocycles. The van der Waals surface area contributed by atoms with Crippen molar-refractivity contribution in [2.45, 2.75) is 0 Å². The van der Waals surface area contributed by atoms with Crippen LogP contribution in [0.15, 0.2) is 53.8 Å². The lowest BCUT2D eigenvalue weighted by molar-refractivity contribution is 0.463. The highest BCUT2D eigenvalue weighted by Crippen LogP contribution is 2.23. The number of pyridine rings is 1. The molecule has 1 heterocycles. The lowest BCUT2D eigenvalue weighted by atomic mass is 10.3. The maximum atomic E-state index is 8.31. The Balaban J connectivity index is 2.22. The summed E-state index contributed by atoms with van der Waals surface area (Å²) < 4.78 is 5.47. The second kappa shape index (κ2) is 4.82. The number of ether oxygens (including phenoxy) is 1. The molecule has 1 aromatic heterocycles. The van der Waals surface area contributed by atoms with Gasteiger partial charge in [0.1, 0.15) is 5.75 Å². The van der Waals surface area contributed by atoms with Gasteiger partial charge in [-0.25, -0.2) is 4.98 Å². The van der Waals surface area contributed by atoms with E-state index in [1.807, 2.05) is 12.1 Å². The first-order valence-corrected chi connectivity index (χ1v) is 4.62. The number of aromatic nitrogens is 1. The van der Waals surface area contributed by atoms with Gasteiger partial charge in [-0.15, -0.1) is 0 Å². The number of rotatable bonds is 3. The first kappa shape index (κ1) is 10.0. The van der Waals surface area contributed by atoms with E-state index in [4.69, 9.17) is 10.3 Å². The van der Waals surface area contributed by atoms with Gasteiger partial charge in [-0.3, -0.25) is 0 Å². The summed E-state index contributed by atoms with van der Waals surface area (Å²) in [7, 11) is 0. The molecule has 0 aliphatic rings. The first-order chi connectivity index (χ1) is 7.88. The molecule has 0 N–H and O–H groups in total. The third-order valence-corrected chi connectivity index (χ3v) is 1.84. The Morgan fingerprint density at radius 2 is 2.12 bits per heavy atom. The molecule has 0 fully saturated rings. The molecule has 0 radical (unpaired) electrons. The predicted octanol–water partition coefficient (Wildman–Crippen LogP) is 3.82. The molecule has 0 atom stereocenters. The standard InChI is InChI=1S/C11H8N4O/c12-15-14-9-4-3-5-10(8-9)16-11-6-1-2-7-13-11/h1-8H. The van der Waals surface area contributed by atoms with Crippen molar-refractivity contribution in [1.29, 1.82) is 0 Å². The number of nitrogens with zero attached hydrogens (tertiary/aromatic N) is 4. The van der Waals surface area contributed by atoms with E-state index in [0.29, 0.717) is 17.3 Å². The highest BCUT2D eigenvalue weighted by atomic mass is 16.5. The monoisotopic (exact) mass is 212 g/mol. The third kappa shape index (κ3) is 2.50. The summed E-state index contributed by atoms with van der Waals surface area (Å²) in [6.45, 7) is 0. The van der Waals surface area contributed by atoms with Crippen molar-refractivity contribution in [1.82, 2.24) is 4.98 Å². The Morgan fingerprint density at radius 1 is 1.19 bits per heavy atom. The molecule has 2 rings (SSSR count). The van der Waals surface area contributed by atoms with Crippen LogP contribution in [0.1, 0.15) is 0 Å². The molecule has 0 spiro atoms. The summed E-state index contributed by atoms with van der Waals surface area (Å²) in [5, 5.41) is 3.49. The fraction of sp³-hybridized carbons (Fsp3) is 0. The van der Waals surface area contributed by atoms with E-state index in [2.05, 4.69) is 15.0 Å². The van der Waals surface area contributed by atoms with E-state index >= 15 is 0 Å². The molecule has 78 valence electrons. The van der Waals surface area contributed by atoms with Gasteiger partial charge in [0.25, 0.3) is 0 Å². The highest BCUT2D eigenvalue weighted by molar-refractivity contribution is 5.43. The minimum atomic E-state index is 0.501. The van der Waals surface area contributed by atoms with Crippen molar-refractivity contribution in [3.8, 4) is 11.6 Å². The van der Waals surface area contributed by atoms with Crippen LogP contribution in [0.4, 0.5) is 5.69 Å². The smallest absolute Gasteiger partial charge is 0.219 e. The fourth-order valence-corrected chi connectivity index (χ4v) is 1.19. The van der Waals surface area contributed by atoms with Gasteiger partial charge in [0.05, 0.1) is 0 Å². The number of azide groups is 1. The quantitative estimate of drug-likeness (QED) is 0.440. The van der Waals surface area contributed by atoms with Gasteiger partial charge in [-0.05, 0) is 23.7 Å². The fourth-order valence-electron chi connectivity index (χ4n) is 1.19. The van der Waals surface area contributed by atoms with Crippen LogP contribution in [-0.2, 0) is 0 Å². The lowest BCUT2D eigenvalue weighted by Gasteiger charge is -2.03. The van der Waals surface area contributed by atoms with Crippen molar-refractivity contribution in [3.05, 3.63) is 59.1 Å². The van der Waals surface area contributed by atoms with Gasteiger partial charge in [0.15, 0.2) is 0 Å². The molecule has 0 unspecified atom stereocenters. The van der Waals surface area contributed by atoms with E-state index in [9.17, 15) is 0 Å². The minimum Gasteiger partial charge on any atom is -0.439 e. The second-order valence-electron chi connectivity index (χ2n) is 2.96. The van der Waals surface area contributed by atoms with E-state index in [1.165, 1.54) is 0 Å². The zero-order valence-corrected chi connectivity index (χ0v) is 8.32. The molecule has 5 nitrogen and oxygen atoms in total. The van der Waals surface area contributed by atoms with Gasteiger partial charge in [-0.2, -0.15) is 0 Å². The zero-order valence-electron chi connectivity index (χ0n) is 8.32. The zero-order chi connectivity index (χ0) is 11.2. The van der Waals surface area contributed by atoms with Gasteiger partial charge in [0.2, 0.25) is 5.88 Å². The lowest BCUT2D eigenvalue weighted by Crippen LogP contribution is -1.85. The average molecular weight is 212 g/mol. The van der Waals surface area contributed by atoms with Crippen molar-refractivity contribution >= 4 is 5.69 Å². The normalized spacial score (nSPS) is 9.25. The molecule has 2 aromatic rings. The topological polar surface area (TPSA) is 70.9 Å². The Kier molecular flexibility index (Phi) is 3.01. The van der Waals surface area contributed by atoms with E-state index in [1.54, 1.807) is 36.5 Å². The minimum absolute atomic E-state index is 0.501. The molecule has 1 aromatic carbocycles. The molecular formula is C11H8N4O. The second-order valence-corrected chi connectivity index (χ2v) is 2.96. The van der Waals surface area contributed by atoms with Crippen LogP contribution in [0.2, 0.25) is 0 Å². The third-order valence-electron chi connectivity index (χ3n) is 1.84. The first-order valence-electron chi connectivity index (χ1n) is 4.62. The molecule has 0 bridgehead atoms. The largest absolute Gasteiger partial charge is 0.439 e. The van der Waals surface area contributed by atoms with Crippen molar-refractivity contribution in [2.24, 2.45) is 5.11 Å². The average Bonchev–Trinajstić information content (AvgIpc) is 2.31. The molecule has 5 heteroatoms. The van der Waals surface area contributed by atoms with Crippen molar-refractivity contribution in [2.75, 3.05) is 0 Å². The predicted molar refractivity (Wildman–Crippen MR) is 59.6 cm³/mol. The van der Waals surface area contributed by atoms with Crippen LogP contribution in [0, 0.1) is 0 Å². The number of hydrogen-bond donors (Lipinski definition) is 0.